The molecule has 98 valence electrons. The molecule has 0 aliphatic carbocycles. The average molecular weight is 253 g/mol. The molecule has 0 aromatic carbocycles. The first kappa shape index (κ1) is 14.0. The van der Waals surface area contributed by atoms with Crippen molar-refractivity contribution in [2.24, 2.45) is 0 Å². The lowest BCUT2D eigenvalue weighted by Crippen LogP contribution is -2.26. The van der Waals surface area contributed by atoms with E-state index in [4.69, 9.17) is 14.3 Å². The van der Waals surface area contributed by atoms with Crippen molar-refractivity contribution in [3.8, 4) is 0 Å². The third-order valence-electron chi connectivity index (χ3n) is 1.93. The quantitative estimate of drug-likeness (QED) is 0.554. The highest BCUT2D eigenvalue weighted by atomic mass is 16.5. The van der Waals surface area contributed by atoms with E-state index in [-0.39, 0.29) is 25.7 Å². The fourth-order valence-electron chi connectivity index (χ4n) is 1.17. The van der Waals surface area contributed by atoms with Gasteiger partial charge in [-0.05, 0) is 25.1 Å². The number of aliphatic carboxylic acids is 1. The second-order valence-corrected chi connectivity index (χ2v) is 3.52. The molecule has 0 bridgehead atoms. The number of carboxylic acid groups (broad SMARTS) is 1. The molecule has 0 saturated carbocycles. The molecular weight excluding hydrogens is 238 g/mol. The Balaban J connectivity index is 2.17. The molecule has 1 amide bonds. The predicted molar refractivity (Wildman–Crippen MR) is 63.9 cm³/mol. The van der Waals surface area contributed by atoms with Gasteiger partial charge in [0.25, 0.3) is 0 Å². The predicted octanol–water partition coefficient (Wildman–Crippen LogP) is 0.819. The van der Waals surface area contributed by atoms with Gasteiger partial charge in [0.1, 0.15) is 18.1 Å². The number of amides is 1. The molecule has 18 heavy (non-hydrogen) atoms. The largest absolute Gasteiger partial charge is 0.480 e. The van der Waals surface area contributed by atoms with Gasteiger partial charge in [-0.25, -0.2) is 4.79 Å². The first-order valence-electron chi connectivity index (χ1n) is 5.40. The van der Waals surface area contributed by atoms with Crippen molar-refractivity contribution >= 4 is 18.0 Å². The molecule has 0 spiro atoms. The number of carbonyl (C=O) groups excluding carboxylic acids is 1. The van der Waals surface area contributed by atoms with E-state index in [1.165, 1.54) is 6.08 Å². The Morgan fingerprint density at radius 3 is 2.89 bits per heavy atom. The smallest absolute Gasteiger partial charge is 0.329 e. The molecule has 0 unspecified atom stereocenters. The van der Waals surface area contributed by atoms with Crippen LogP contribution in [-0.2, 0) is 14.3 Å². The van der Waals surface area contributed by atoms with Gasteiger partial charge in [-0.2, -0.15) is 0 Å². The molecule has 0 fully saturated rings. The average Bonchev–Trinajstić information content (AvgIpc) is 2.71. The van der Waals surface area contributed by atoms with Crippen molar-refractivity contribution in [3.63, 3.8) is 0 Å². The van der Waals surface area contributed by atoms with Gasteiger partial charge in [-0.3, -0.25) is 4.79 Å². The van der Waals surface area contributed by atoms with Crippen LogP contribution in [0.2, 0.25) is 0 Å². The van der Waals surface area contributed by atoms with Gasteiger partial charge >= 0.3 is 5.97 Å². The van der Waals surface area contributed by atoms with Crippen molar-refractivity contribution < 1.29 is 23.8 Å². The van der Waals surface area contributed by atoms with E-state index < -0.39 is 5.97 Å². The van der Waals surface area contributed by atoms with Gasteiger partial charge in [-0.15, -0.1) is 0 Å². The third kappa shape index (κ3) is 5.86. The zero-order chi connectivity index (χ0) is 13.4. The fraction of sp³-hybridized carbons (Fsp3) is 0.333. The van der Waals surface area contributed by atoms with Crippen LogP contribution in [0.15, 0.2) is 22.6 Å². The van der Waals surface area contributed by atoms with Crippen molar-refractivity contribution in [2.75, 3.05) is 19.8 Å². The third-order valence-corrected chi connectivity index (χ3v) is 1.93. The van der Waals surface area contributed by atoms with E-state index >= 15 is 0 Å². The van der Waals surface area contributed by atoms with E-state index in [1.54, 1.807) is 18.2 Å². The lowest BCUT2D eigenvalue weighted by molar-refractivity contribution is -0.142. The van der Waals surface area contributed by atoms with E-state index in [0.717, 1.165) is 5.76 Å². The van der Waals surface area contributed by atoms with Crippen molar-refractivity contribution in [2.45, 2.75) is 6.92 Å². The van der Waals surface area contributed by atoms with Gasteiger partial charge in [0, 0.05) is 12.6 Å². The summed E-state index contributed by atoms with van der Waals surface area (Å²) in [4.78, 5) is 21.4. The zero-order valence-electron chi connectivity index (χ0n) is 10.0. The first-order valence-corrected chi connectivity index (χ1v) is 5.40. The van der Waals surface area contributed by atoms with Crippen LogP contribution < -0.4 is 5.32 Å². The molecule has 1 rings (SSSR count). The highest BCUT2D eigenvalue weighted by Gasteiger charge is 1.98. The maximum Gasteiger partial charge on any atom is 0.329 e. The molecule has 0 saturated heterocycles. The van der Waals surface area contributed by atoms with Crippen molar-refractivity contribution in [1.82, 2.24) is 5.32 Å². The monoisotopic (exact) mass is 253 g/mol. The van der Waals surface area contributed by atoms with E-state index in [0.29, 0.717) is 5.76 Å². The number of carbonyl (C=O) groups is 2. The van der Waals surface area contributed by atoms with Gasteiger partial charge in [0.2, 0.25) is 5.91 Å². The molecule has 0 atom stereocenters. The minimum atomic E-state index is -1.03. The summed E-state index contributed by atoms with van der Waals surface area (Å²) < 4.78 is 10.0. The van der Waals surface area contributed by atoms with Crippen molar-refractivity contribution in [1.29, 1.82) is 0 Å². The van der Waals surface area contributed by atoms with Gasteiger partial charge in [-0.1, -0.05) is 0 Å². The Morgan fingerprint density at radius 2 is 2.28 bits per heavy atom. The number of rotatable bonds is 7. The molecule has 6 heteroatoms. The second kappa shape index (κ2) is 7.29. The number of hydrogen-bond donors (Lipinski definition) is 2. The van der Waals surface area contributed by atoms with Gasteiger partial charge in [0.05, 0.1) is 6.61 Å². The molecule has 2 N–H and O–H groups in total. The summed E-state index contributed by atoms with van der Waals surface area (Å²) >= 11 is 0. The molecule has 0 aliphatic heterocycles. The lowest BCUT2D eigenvalue weighted by atomic mass is 10.4. The highest BCUT2D eigenvalue weighted by molar-refractivity contribution is 5.91. The summed E-state index contributed by atoms with van der Waals surface area (Å²) in [5.74, 6) is 0.0549. The SMILES string of the molecule is Cc1ccc(C=CC(=O)NCCOCC(=O)O)o1. The topological polar surface area (TPSA) is 88.8 Å². The van der Waals surface area contributed by atoms with E-state index in [1.807, 2.05) is 6.92 Å². The Labute approximate surface area is 104 Å². The summed E-state index contributed by atoms with van der Waals surface area (Å²) in [6.07, 6.45) is 2.90. The zero-order valence-corrected chi connectivity index (χ0v) is 10.0. The number of nitrogens with one attached hydrogen (secondary N) is 1. The molecule has 0 radical (unpaired) electrons. The summed E-state index contributed by atoms with van der Waals surface area (Å²) in [7, 11) is 0. The number of ether oxygens (including phenoxy) is 1. The minimum absolute atomic E-state index is 0.158. The molecule has 1 heterocycles. The fourth-order valence-corrected chi connectivity index (χ4v) is 1.17. The van der Waals surface area contributed by atoms with E-state index in [2.05, 4.69) is 5.32 Å². The maximum absolute atomic E-state index is 11.3. The van der Waals surface area contributed by atoms with Crippen LogP contribution in [0.4, 0.5) is 0 Å². The summed E-state index contributed by atoms with van der Waals surface area (Å²) in [5, 5.41) is 10.8. The van der Waals surface area contributed by atoms with E-state index in [9.17, 15) is 9.59 Å². The van der Waals surface area contributed by atoms with Crippen LogP contribution in [0.3, 0.4) is 0 Å². The Bertz CT molecular complexity index is 435. The summed E-state index contributed by atoms with van der Waals surface area (Å²) in [6.45, 7) is 1.87. The summed E-state index contributed by atoms with van der Waals surface area (Å²) in [5.41, 5.74) is 0. The number of furan rings is 1. The summed E-state index contributed by atoms with van der Waals surface area (Å²) in [6, 6.07) is 3.56. The van der Waals surface area contributed by atoms with Crippen LogP contribution >= 0.6 is 0 Å². The normalized spacial score (nSPS) is 10.7. The Morgan fingerprint density at radius 1 is 1.50 bits per heavy atom. The Hall–Kier alpha value is -2.08. The van der Waals surface area contributed by atoms with Crippen LogP contribution in [-0.4, -0.2) is 36.7 Å². The molecule has 6 nitrogen and oxygen atoms in total. The van der Waals surface area contributed by atoms with Crippen LogP contribution in [0.25, 0.3) is 6.08 Å². The highest BCUT2D eigenvalue weighted by Crippen LogP contribution is 2.07. The van der Waals surface area contributed by atoms with Crippen LogP contribution in [0.5, 0.6) is 0 Å². The Kier molecular flexibility index (Phi) is 5.66. The number of aryl methyl sites for hydroxylation is 1. The molecule has 1 aromatic rings. The molecular formula is C12H15NO5. The van der Waals surface area contributed by atoms with Crippen LogP contribution in [0.1, 0.15) is 11.5 Å². The second-order valence-electron chi connectivity index (χ2n) is 3.52. The van der Waals surface area contributed by atoms with Crippen LogP contribution in [0, 0.1) is 6.92 Å². The van der Waals surface area contributed by atoms with Crippen molar-refractivity contribution in [3.05, 3.63) is 29.7 Å². The van der Waals surface area contributed by atoms with Gasteiger partial charge < -0.3 is 19.6 Å². The minimum Gasteiger partial charge on any atom is -0.480 e. The standard InChI is InChI=1S/C12H15NO5/c1-9-2-3-10(18-9)4-5-11(14)13-6-7-17-8-12(15)16/h2-5H,6-8H2,1H3,(H,13,14)(H,15,16). The number of carboxylic acids is 1. The lowest BCUT2D eigenvalue weighted by Gasteiger charge is -2.01. The maximum atomic E-state index is 11.3. The number of hydrogen-bond acceptors (Lipinski definition) is 4. The molecule has 0 aliphatic rings. The first-order chi connectivity index (χ1) is 8.58. The molecule has 1 aromatic heterocycles. The van der Waals surface area contributed by atoms with Gasteiger partial charge in [0.15, 0.2) is 0 Å².